The van der Waals surface area contributed by atoms with Gasteiger partial charge in [0, 0.05) is 6.54 Å². The van der Waals surface area contributed by atoms with Gasteiger partial charge in [-0.15, -0.1) is 10.2 Å². The summed E-state index contributed by atoms with van der Waals surface area (Å²) in [6.07, 6.45) is 0.863. The van der Waals surface area contributed by atoms with Crippen molar-refractivity contribution in [2.75, 3.05) is 18.4 Å². The van der Waals surface area contributed by atoms with Crippen LogP contribution in [0.1, 0.15) is 18.4 Å². The van der Waals surface area contributed by atoms with E-state index in [1.807, 2.05) is 6.92 Å². The number of anilines is 1. The van der Waals surface area contributed by atoms with Crippen LogP contribution in [0.5, 0.6) is 0 Å². The van der Waals surface area contributed by atoms with Crippen molar-refractivity contribution in [2.24, 2.45) is 0 Å². The smallest absolute Gasteiger partial charge is 0.321 e. The summed E-state index contributed by atoms with van der Waals surface area (Å²) < 4.78 is 0. The number of hydrogen-bond donors (Lipinski definition) is 3. The molecule has 0 aliphatic heterocycles. The molecule has 0 spiro atoms. The first-order chi connectivity index (χ1) is 8.11. The molecule has 94 valence electrons. The highest BCUT2D eigenvalue weighted by atomic mass is 32.1. The maximum absolute atomic E-state index is 11.3. The van der Waals surface area contributed by atoms with E-state index in [4.69, 9.17) is 0 Å². The van der Waals surface area contributed by atoms with Crippen LogP contribution in [0.3, 0.4) is 0 Å². The van der Waals surface area contributed by atoms with E-state index in [0.29, 0.717) is 11.7 Å². The molecular weight excluding hydrogens is 242 g/mol. The molecule has 0 fully saturated rings. The van der Waals surface area contributed by atoms with Gasteiger partial charge in [-0.05, 0) is 13.3 Å². The summed E-state index contributed by atoms with van der Waals surface area (Å²) in [4.78, 5) is 22.5. The first-order valence-corrected chi connectivity index (χ1v) is 6.05. The Bertz CT molecular complexity index is 392. The first kappa shape index (κ1) is 13.4. The van der Waals surface area contributed by atoms with E-state index in [1.165, 1.54) is 11.3 Å². The summed E-state index contributed by atoms with van der Waals surface area (Å²) in [5.74, 6) is -0.213. The van der Waals surface area contributed by atoms with Crippen LogP contribution in [-0.4, -0.2) is 35.2 Å². The molecule has 1 rings (SSSR count). The lowest BCUT2D eigenvalue weighted by Crippen LogP contribution is -2.39. The number of urea groups is 1. The van der Waals surface area contributed by atoms with Crippen molar-refractivity contribution in [3.05, 3.63) is 5.01 Å². The molecule has 0 aliphatic rings. The molecular formula is C9H15N5O2S. The zero-order valence-corrected chi connectivity index (χ0v) is 10.6. The highest BCUT2D eigenvalue weighted by Gasteiger charge is 2.07. The summed E-state index contributed by atoms with van der Waals surface area (Å²) in [5.41, 5.74) is 0. The minimum absolute atomic E-state index is 0.0520. The largest absolute Gasteiger partial charge is 0.355 e. The number of hydrogen-bond acceptors (Lipinski definition) is 5. The van der Waals surface area contributed by atoms with E-state index in [9.17, 15) is 9.59 Å². The van der Waals surface area contributed by atoms with Crippen molar-refractivity contribution in [1.82, 2.24) is 20.8 Å². The predicted molar refractivity (Wildman–Crippen MR) is 65.0 cm³/mol. The number of amides is 3. The Hall–Kier alpha value is -1.70. The third-order valence-corrected chi connectivity index (χ3v) is 2.48. The second-order valence-corrected chi connectivity index (χ2v) is 4.47. The van der Waals surface area contributed by atoms with Crippen LogP contribution in [0, 0.1) is 6.92 Å². The van der Waals surface area contributed by atoms with Crippen LogP contribution in [0.4, 0.5) is 9.93 Å². The fraction of sp³-hybridized carbons (Fsp3) is 0.556. The van der Waals surface area contributed by atoms with E-state index in [1.54, 1.807) is 6.92 Å². The number of rotatable bonds is 5. The van der Waals surface area contributed by atoms with Crippen LogP contribution in [0.25, 0.3) is 0 Å². The van der Waals surface area contributed by atoms with Gasteiger partial charge in [0.15, 0.2) is 0 Å². The Morgan fingerprint density at radius 2 is 2.06 bits per heavy atom. The van der Waals surface area contributed by atoms with Gasteiger partial charge in [-0.1, -0.05) is 18.3 Å². The van der Waals surface area contributed by atoms with E-state index >= 15 is 0 Å². The fourth-order valence-electron chi connectivity index (χ4n) is 0.976. The molecule has 0 aliphatic carbocycles. The Balaban J connectivity index is 2.23. The number of aryl methyl sites for hydroxylation is 1. The molecule has 0 atom stereocenters. The number of carbonyl (C=O) groups excluding carboxylic acids is 2. The molecule has 7 nitrogen and oxygen atoms in total. The molecule has 0 bridgehead atoms. The van der Waals surface area contributed by atoms with E-state index < -0.39 is 6.03 Å². The van der Waals surface area contributed by atoms with Crippen LogP contribution in [-0.2, 0) is 4.79 Å². The van der Waals surface area contributed by atoms with Crippen LogP contribution in [0.2, 0.25) is 0 Å². The molecule has 0 saturated heterocycles. The summed E-state index contributed by atoms with van der Waals surface area (Å²) in [6, 6.07) is -0.465. The number of nitrogens with one attached hydrogen (secondary N) is 3. The molecule has 8 heteroatoms. The average molecular weight is 257 g/mol. The van der Waals surface area contributed by atoms with Crippen molar-refractivity contribution in [2.45, 2.75) is 20.3 Å². The number of carbonyl (C=O) groups is 2. The van der Waals surface area contributed by atoms with Gasteiger partial charge in [0.25, 0.3) is 0 Å². The second kappa shape index (κ2) is 6.79. The van der Waals surface area contributed by atoms with E-state index in [0.717, 1.165) is 11.4 Å². The Kier molecular flexibility index (Phi) is 5.34. The van der Waals surface area contributed by atoms with Crippen molar-refractivity contribution >= 4 is 28.4 Å². The van der Waals surface area contributed by atoms with Crippen LogP contribution in [0.15, 0.2) is 0 Å². The van der Waals surface area contributed by atoms with Gasteiger partial charge in [0.1, 0.15) is 5.01 Å². The van der Waals surface area contributed by atoms with E-state index in [2.05, 4.69) is 26.1 Å². The third kappa shape index (κ3) is 5.25. The summed E-state index contributed by atoms with van der Waals surface area (Å²) in [6.45, 7) is 4.30. The number of nitrogens with zero attached hydrogens (tertiary/aromatic N) is 2. The highest BCUT2D eigenvalue weighted by Crippen LogP contribution is 2.12. The maximum Gasteiger partial charge on any atom is 0.321 e. The van der Waals surface area contributed by atoms with Gasteiger partial charge < -0.3 is 10.6 Å². The molecule has 0 saturated carbocycles. The average Bonchev–Trinajstić information content (AvgIpc) is 2.69. The first-order valence-electron chi connectivity index (χ1n) is 5.23. The lowest BCUT2D eigenvalue weighted by Gasteiger charge is -2.05. The SMILES string of the molecule is CCCNC(=O)CNC(=O)Nc1nnc(C)s1. The standard InChI is InChI=1S/C9H15N5O2S/c1-3-4-10-7(15)5-11-8(16)12-9-14-13-6(2)17-9/h3-5H2,1-2H3,(H,10,15)(H2,11,12,14,16). The molecule has 0 radical (unpaired) electrons. The zero-order valence-electron chi connectivity index (χ0n) is 9.74. The lowest BCUT2D eigenvalue weighted by molar-refractivity contribution is -0.120. The molecule has 1 aromatic heterocycles. The second-order valence-electron chi connectivity index (χ2n) is 3.28. The van der Waals surface area contributed by atoms with Gasteiger partial charge in [0.05, 0.1) is 6.54 Å². The van der Waals surface area contributed by atoms with Crippen molar-refractivity contribution in [1.29, 1.82) is 0 Å². The molecule has 3 amide bonds. The van der Waals surface area contributed by atoms with E-state index in [-0.39, 0.29) is 12.5 Å². The summed E-state index contributed by atoms with van der Waals surface area (Å²) >= 11 is 1.27. The molecule has 1 heterocycles. The normalized spacial score (nSPS) is 9.76. The quantitative estimate of drug-likeness (QED) is 0.715. The summed E-state index contributed by atoms with van der Waals surface area (Å²) in [5, 5.41) is 16.2. The minimum Gasteiger partial charge on any atom is -0.355 e. The third-order valence-electron chi connectivity index (χ3n) is 1.73. The summed E-state index contributed by atoms with van der Waals surface area (Å²) in [7, 11) is 0. The van der Waals surface area contributed by atoms with Crippen molar-refractivity contribution < 1.29 is 9.59 Å². The fourth-order valence-corrected chi connectivity index (χ4v) is 1.56. The van der Waals surface area contributed by atoms with Gasteiger partial charge in [-0.2, -0.15) is 0 Å². The molecule has 3 N–H and O–H groups in total. The molecule has 17 heavy (non-hydrogen) atoms. The molecule has 0 aromatic carbocycles. The topological polar surface area (TPSA) is 96.0 Å². The Labute approximate surface area is 103 Å². The Morgan fingerprint density at radius 1 is 1.29 bits per heavy atom. The van der Waals surface area contributed by atoms with Gasteiger partial charge >= 0.3 is 6.03 Å². The predicted octanol–water partition coefficient (Wildman–Crippen LogP) is 0.494. The highest BCUT2D eigenvalue weighted by molar-refractivity contribution is 7.15. The van der Waals surface area contributed by atoms with Gasteiger partial charge in [0.2, 0.25) is 11.0 Å². The van der Waals surface area contributed by atoms with Crippen LogP contribution < -0.4 is 16.0 Å². The van der Waals surface area contributed by atoms with Gasteiger partial charge in [-0.3, -0.25) is 10.1 Å². The monoisotopic (exact) mass is 257 g/mol. The van der Waals surface area contributed by atoms with Gasteiger partial charge in [-0.25, -0.2) is 4.79 Å². The minimum atomic E-state index is -0.465. The lowest BCUT2D eigenvalue weighted by atomic mass is 10.4. The Morgan fingerprint density at radius 3 is 2.65 bits per heavy atom. The maximum atomic E-state index is 11.3. The molecule has 0 unspecified atom stereocenters. The molecule has 1 aromatic rings. The van der Waals surface area contributed by atoms with Crippen molar-refractivity contribution in [3.8, 4) is 0 Å². The van der Waals surface area contributed by atoms with Crippen molar-refractivity contribution in [3.63, 3.8) is 0 Å². The van der Waals surface area contributed by atoms with Crippen LogP contribution >= 0.6 is 11.3 Å². The zero-order chi connectivity index (χ0) is 12.7. The number of aromatic nitrogens is 2.